The minimum absolute atomic E-state index is 1.12. The van der Waals surface area contributed by atoms with Crippen LogP contribution in [0.5, 0.6) is 0 Å². The fourth-order valence-corrected chi connectivity index (χ4v) is 2.32. The van der Waals surface area contributed by atoms with Crippen LogP contribution in [0.1, 0.15) is 20.3 Å². The molecule has 0 aromatic heterocycles. The van der Waals surface area contributed by atoms with Gasteiger partial charge >= 0.3 is 0 Å². The number of rotatable bonds is 3. The van der Waals surface area contributed by atoms with E-state index in [1.807, 2.05) is 24.8 Å². The monoisotopic (exact) mass is 192 g/mol. The van der Waals surface area contributed by atoms with Crippen molar-refractivity contribution in [2.24, 2.45) is 0 Å². The fraction of sp³-hybridized carbons (Fsp3) is 0.333. The summed E-state index contributed by atoms with van der Waals surface area (Å²) in [6.45, 7) is 8.08. The first kappa shape index (κ1) is 10.4. The third-order valence-electron chi connectivity index (χ3n) is 2.04. The number of allylic oxidation sites excluding steroid dienone is 5. The van der Waals surface area contributed by atoms with Gasteiger partial charge in [-0.1, -0.05) is 43.4 Å². The van der Waals surface area contributed by atoms with Crippen LogP contribution >= 0.6 is 11.8 Å². The van der Waals surface area contributed by atoms with Crippen LogP contribution in [0.4, 0.5) is 0 Å². The van der Waals surface area contributed by atoms with Crippen molar-refractivity contribution in [1.82, 2.24) is 0 Å². The van der Waals surface area contributed by atoms with E-state index in [4.69, 9.17) is 0 Å². The largest absolute Gasteiger partial charge is 0.121 e. The molecule has 0 atom stereocenters. The molecule has 0 unspecified atom stereocenters. The highest BCUT2D eigenvalue weighted by molar-refractivity contribution is 8.03. The smallest absolute Gasteiger partial charge is 0.0194 e. The maximum Gasteiger partial charge on any atom is 0.0194 e. The van der Waals surface area contributed by atoms with Crippen LogP contribution in [0.2, 0.25) is 0 Å². The van der Waals surface area contributed by atoms with Crippen LogP contribution in [0.25, 0.3) is 0 Å². The zero-order valence-corrected chi connectivity index (χ0v) is 9.16. The Bertz CT molecular complexity index is 279. The molecule has 70 valence electrons. The molecule has 0 aliphatic carbocycles. The first-order valence-corrected chi connectivity index (χ1v) is 5.62. The van der Waals surface area contributed by atoms with E-state index in [1.165, 1.54) is 16.1 Å². The van der Waals surface area contributed by atoms with Crippen LogP contribution in [0.3, 0.4) is 0 Å². The Labute approximate surface area is 85.1 Å². The molecular formula is C12H16S. The van der Waals surface area contributed by atoms with Crippen molar-refractivity contribution in [2.45, 2.75) is 20.3 Å². The molecule has 0 spiro atoms. The number of thioether (sulfide) groups is 1. The van der Waals surface area contributed by atoms with E-state index in [1.54, 1.807) is 0 Å². The molecule has 0 saturated carbocycles. The molecule has 0 aromatic rings. The summed E-state index contributed by atoms with van der Waals surface area (Å²) in [6, 6.07) is 0. The lowest BCUT2D eigenvalue weighted by atomic mass is 10.1. The van der Waals surface area contributed by atoms with Crippen LogP contribution in [0.15, 0.2) is 46.9 Å². The lowest BCUT2D eigenvalue weighted by Crippen LogP contribution is -1.95. The van der Waals surface area contributed by atoms with E-state index in [0.717, 1.165) is 12.2 Å². The second-order valence-electron chi connectivity index (χ2n) is 2.97. The molecule has 1 aliphatic heterocycles. The second-order valence-corrected chi connectivity index (χ2v) is 3.99. The van der Waals surface area contributed by atoms with Gasteiger partial charge in [0.25, 0.3) is 0 Å². The summed E-state index contributed by atoms with van der Waals surface area (Å²) >= 11 is 1.89. The lowest BCUT2D eigenvalue weighted by molar-refractivity contribution is 1.10. The molecule has 0 nitrogen and oxygen atoms in total. The maximum absolute atomic E-state index is 3.83. The lowest BCUT2D eigenvalue weighted by Gasteiger charge is -2.14. The highest BCUT2D eigenvalue weighted by Gasteiger charge is 2.08. The molecule has 13 heavy (non-hydrogen) atoms. The average molecular weight is 192 g/mol. The van der Waals surface area contributed by atoms with E-state index in [9.17, 15) is 0 Å². The third-order valence-corrected chi connectivity index (χ3v) is 3.27. The molecule has 1 heterocycles. The molecule has 0 radical (unpaired) electrons. The first-order chi connectivity index (χ1) is 6.31. The van der Waals surface area contributed by atoms with Gasteiger partial charge in [-0.05, 0) is 18.9 Å². The Balaban J connectivity index is 2.97. The van der Waals surface area contributed by atoms with Gasteiger partial charge < -0.3 is 0 Å². The summed E-state index contributed by atoms with van der Waals surface area (Å²) in [4.78, 5) is 1.30. The zero-order chi connectivity index (χ0) is 9.68. The zero-order valence-electron chi connectivity index (χ0n) is 8.34. The molecule has 0 fully saturated rings. The maximum atomic E-state index is 3.83. The van der Waals surface area contributed by atoms with Gasteiger partial charge in [0, 0.05) is 10.7 Å². The van der Waals surface area contributed by atoms with Crippen molar-refractivity contribution in [2.75, 3.05) is 5.75 Å². The number of hydrogen-bond acceptors (Lipinski definition) is 1. The van der Waals surface area contributed by atoms with Gasteiger partial charge in [-0.25, -0.2) is 0 Å². The van der Waals surface area contributed by atoms with Gasteiger partial charge in [0.1, 0.15) is 0 Å². The molecule has 0 bridgehead atoms. The van der Waals surface area contributed by atoms with Crippen molar-refractivity contribution in [3.8, 4) is 0 Å². The Morgan fingerprint density at radius 1 is 1.62 bits per heavy atom. The predicted octanol–water partition coefficient (Wildman–Crippen LogP) is 4.09. The Morgan fingerprint density at radius 3 is 2.92 bits per heavy atom. The average Bonchev–Trinajstić information content (AvgIpc) is 2.18. The molecule has 0 N–H and O–H groups in total. The van der Waals surface area contributed by atoms with Crippen LogP contribution in [-0.4, -0.2) is 5.75 Å². The van der Waals surface area contributed by atoms with Crippen molar-refractivity contribution in [3.63, 3.8) is 0 Å². The summed E-state index contributed by atoms with van der Waals surface area (Å²) in [7, 11) is 0. The molecule has 1 aliphatic rings. The summed E-state index contributed by atoms with van der Waals surface area (Å²) in [6.07, 6.45) is 9.61. The van der Waals surface area contributed by atoms with Gasteiger partial charge in [-0.2, -0.15) is 0 Å². The summed E-state index contributed by atoms with van der Waals surface area (Å²) in [5, 5.41) is 0. The van der Waals surface area contributed by atoms with Crippen molar-refractivity contribution in [1.29, 1.82) is 0 Å². The van der Waals surface area contributed by atoms with Crippen molar-refractivity contribution >= 4 is 11.8 Å². The van der Waals surface area contributed by atoms with Crippen LogP contribution < -0.4 is 0 Å². The van der Waals surface area contributed by atoms with Gasteiger partial charge in [0.15, 0.2) is 0 Å². The van der Waals surface area contributed by atoms with Gasteiger partial charge in [0.05, 0.1) is 0 Å². The predicted molar refractivity (Wildman–Crippen MR) is 62.9 cm³/mol. The normalized spacial score (nSPS) is 17.8. The van der Waals surface area contributed by atoms with E-state index in [0.29, 0.717) is 0 Å². The Hall–Kier alpha value is -0.690. The minimum Gasteiger partial charge on any atom is -0.121 e. The molecule has 0 saturated heterocycles. The first-order valence-electron chi connectivity index (χ1n) is 4.63. The number of hydrogen-bond donors (Lipinski definition) is 0. The van der Waals surface area contributed by atoms with Crippen molar-refractivity contribution in [3.05, 3.63) is 46.9 Å². The van der Waals surface area contributed by atoms with Gasteiger partial charge in [-0.15, -0.1) is 11.8 Å². The third kappa shape index (κ3) is 2.63. The van der Waals surface area contributed by atoms with Crippen molar-refractivity contribution < 1.29 is 0 Å². The van der Waals surface area contributed by atoms with Crippen LogP contribution in [-0.2, 0) is 0 Å². The molecule has 1 rings (SSSR count). The minimum atomic E-state index is 1.12. The van der Waals surface area contributed by atoms with E-state index in [-0.39, 0.29) is 0 Å². The highest BCUT2D eigenvalue weighted by atomic mass is 32.2. The molecular weight excluding hydrogens is 176 g/mol. The highest BCUT2D eigenvalue weighted by Crippen LogP contribution is 2.31. The molecule has 1 heteroatoms. The Morgan fingerprint density at radius 2 is 2.38 bits per heavy atom. The molecule has 0 amide bonds. The van der Waals surface area contributed by atoms with Gasteiger partial charge in [0.2, 0.25) is 0 Å². The second kappa shape index (κ2) is 5.13. The SMILES string of the molecule is C=CC1=C(/C=C\C)C=C(CC)CS1. The van der Waals surface area contributed by atoms with E-state index in [2.05, 4.69) is 31.7 Å². The summed E-state index contributed by atoms with van der Waals surface area (Å²) < 4.78 is 0. The van der Waals surface area contributed by atoms with E-state index >= 15 is 0 Å². The Kier molecular flexibility index (Phi) is 4.10. The standard InChI is InChI=1S/C12H16S/c1-4-7-11-8-10(5-2)9-13-12(11)6-3/h4,6-8H,3,5,9H2,1-2H3/b7-4-. The van der Waals surface area contributed by atoms with E-state index < -0.39 is 0 Å². The summed E-state index contributed by atoms with van der Waals surface area (Å²) in [5.41, 5.74) is 2.83. The molecule has 0 aromatic carbocycles. The van der Waals surface area contributed by atoms with Crippen LogP contribution in [0, 0.1) is 0 Å². The summed E-state index contributed by atoms with van der Waals surface area (Å²) in [5.74, 6) is 1.12. The fourth-order valence-electron chi connectivity index (χ4n) is 1.28. The topological polar surface area (TPSA) is 0 Å². The van der Waals surface area contributed by atoms with Gasteiger partial charge in [-0.3, -0.25) is 0 Å². The quantitative estimate of drug-likeness (QED) is 0.649.